The summed E-state index contributed by atoms with van der Waals surface area (Å²) in [7, 11) is 0. The van der Waals surface area contributed by atoms with Crippen LogP contribution in [-0.4, -0.2) is 43.5 Å². The molecule has 5 heteroatoms. The molecule has 0 saturated carbocycles. The highest BCUT2D eigenvalue weighted by molar-refractivity contribution is 5.75. The number of hydrogen-bond donors (Lipinski definition) is 3. The van der Waals surface area contributed by atoms with Gasteiger partial charge >= 0.3 is 0 Å². The molecule has 5 nitrogen and oxygen atoms in total. The van der Waals surface area contributed by atoms with E-state index in [-0.39, 0.29) is 5.91 Å². The smallest absolute Gasteiger partial charge is 0.235 e. The van der Waals surface area contributed by atoms with Gasteiger partial charge < -0.3 is 10.2 Å². The molecule has 0 atom stereocenters. The third kappa shape index (κ3) is 3.17. The van der Waals surface area contributed by atoms with E-state index in [4.69, 9.17) is 5.84 Å². The molecule has 0 aromatic carbocycles. The van der Waals surface area contributed by atoms with Crippen molar-refractivity contribution >= 4 is 5.91 Å². The van der Waals surface area contributed by atoms with Gasteiger partial charge in [-0.2, -0.15) is 0 Å². The quantitative estimate of drug-likeness (QED) is 0.269. The first kappa shape index (κ1) is 9.44. The van der Waals surface area contributed by atoms with Crippen LogP contribution in [0.4, 0.5) is 0 Å². The Morgan fingerprint density at radius 1 is 1.50 bits per heavy atom. The molecule has 1 aliphatic heterocycles. The third-order valence-electron chi connectivity index (χ3n) is 2.03. The molecule has 4 N–H and O–H groups in total. The molecule has 0 spiro atoms. The average molecular weight is 172 g/mol. The second-order valence-electron chi connectivity index (χ2n) is 2.91. The number of carbonyl (C=O) groups is 1. The molecule has 0 aliphatic carbocycles. The van der Waals surface area contributed by atoms with Crippen LogP contribution in [0.2, 0.25) is 0 Å². The fourth-order valence-electron chi connectivity index (χ4n) is 1.27. The lowest BCUT2D eigenvalue weighted by molar-refractivity contribution is -0.121. The first-order valence-electron chi connectivity index (χ1n) is 4.25. The van der Waals surface area contributed by atoms with Gasteiger partial charge in [-0.1, -0.05) is 0 Å². The Kier molecular flexibility index (Phi) is 3.99. The maximum Gasteiger partial charge on any atom is 0.235 e. The maximum absolute atomic E-state index is 10.8. The lowest BCUT2D eigenvalue weighted by Gasteiger charge is -2.26. The van der Waals surface area contributed by atoms with Gasteiger partial charge in [-0.3, -0.25) is 10.2 Å². The molecule has 1 heterocycles. The number of nitrogens with one attached hydrogen (secondary N) is 2. The first-order chi connectivity index (χ1) is 5.83. The van der Waals surface area contributed by atoms with Crippen LogP contribution in [0.5, 0.6) is 0 Å². The van der Waals surface area contributed by atoms with Crippen molar-refractivity contribution in [1.29, 1.82) is 0 Å². The van der Waals surface area contributed by atoms with Crippen LogP contribution >= 0.6 is 0 Å². The number of piperazine rings is 1. The SMILES string of the molecule is NNC(=O)CCN1CCNCC1. The van der Waals surface area contributed by atoms with Crippen molar-refractivity contribution in [2.45, 2.75) is 6.42 Å². The number of hydrogen-bond acceptors (Lipinski definition) is 4. The van der Waals surface area contributed by atoms with E-state index in [2.05, 4.69) is 15.6 Å². The molecule has 0 radical (unpaired) electrons. The largest absolute Gasteiger partial charge is 0.314 e. The van der Waals surface area contributed by atoms with E-state index in [0.29, 0.717) is 6.42 Å². The fourth-order valence-corrected chi connectivity index (χ4v) is 1.27. The average Bonchev–Trinajstić information content (AvgIpc) is 2.16. The van der Waals surface area contributed by atoms with Crippen molar-refractivity contribution < 1.29 is 4.79 Å². The number of hydrazine groups is 1. The van der Waals surface area contributed by atoms with Gasteiger partial charge in [-0.25, -0.2) is 5.84 Å². The third-order valence-corrected chi connectivity index (χ3v) is 2.03. The number of rotatable bonds is 3. The summed E-state index contributed by atoms with van der Waals surface area (Å²) in [5.41, 5.74) is 2.12. The van der Waals surface area contributed by atoms with Gasteiger partial charge in [0.05, 0.1) is 0 Å². The molecule has 1 saturated heterocycles. The Labute approximate surface area is 72.3 Å². The Morgan fingerprint density at radius 3 is 2.75 bits per heavy atom. The number of nitrogens with two attached hydrogens (primary N) is 1. The van der Waals surface area contributed by atoms with E-state index in [1.165, 1.54) is 0 Å². The zero-order valence-electron chi connectivity index (χ0n) is 7.18. The highest BCUT2D eigenvalue weighted by Crippen LogP contribution is 1.93. The van der Waals surface area contributed by atoms with Crippen LogP contribution in [0.1, 0.15) is 6.42 Å². The molecule has 1 rings (SSSR count). The zero-order chi connectivity index (χ0) is 8.81. The second kappa shape index (κ2) is 5.08. The summed E-state index contributed by atoms with van der Waals surface area (Å²) in [4.78, 5) is 13.0. The molecular weight excluding hydrogens is 156 g/mol. The number of nitrogens with zero attached hydrogens (tertiary/aromatic N) is 1. The number of amides is 1. The summed E-state index contributed by atoms with van der Waals surface area (Å²) < 4.78 is 0. The van der Waals surface area contributed by atoms with Crippen molar-refractivity contribution in [3.63, 3.8) is 0 Å². The molecule has 1 amide bonds. The maximum atomic E-state index is 10.8. The molecule has 1 aliphatic rings. The van der Waals surface area contributed by atoms with Crippen molar-refractivity contribution in [2.24, 2.45) is 5.84 Å². The van der Waals surface area contributed by atoms with E-state index in [9.17, 15) is 4.79 Å². The van der Waals surface area contributed by atoms with E-state index >= 15 is 0 Å². The molecular formula is C7H16N4O. The van der Waals surface area contributed by atoms with Gasteiger partial charge in [0, 0.05) is 39.1 Å². The molecule has 0 bridgehead atoms. The van der Waals surface area contributed by atoms with E-state index < -0.39 is 0 Å². The fraction of sp³-hybridized carbons (Fsp3) is 0.857. The van der Waals surface area contributed by atoms with Gasteiger partial charge in [-0.05, 0) is 0 Å². The highest BCUT2D eigenvalue weighted by atomic mass is 16.2. The number of carbonyl (C=O) groups excluding carboxylic acids is 1. The van der Waals surface area contributed by atoms with Gasteiger partial charge in [0.25, 0.3) is 0 Å². The summed E-state index contributed by atoms with van der Waals surface area (Å²) in [5, 5.41) is 3.25. The zero-order valence-corrected chi connectivity index (χ0v) is 7.18. The minimum absolute atomic E-state index is 0.0893. The topological polar surface area (TPSA) is 70.4 Å². The summed E-state index contributed by atoms with van der Waals surface area (Å²) >= 11 is 0. The molecule has 70 valence electrons. The lowest BCUT2D eigenvalue weighted by Crippen LogP contribution is -2.45. The minimum Gasteiger partial charge on any atom is -0.314 e. The van der Waals surface area contributed by atoms with Gasteiger partial charge in [-0.15, -0.1) is 0 Å². The molecule has 0 aromatic rings. The van der Waals surface area contributed by atoms with Crippen molar-refractivity contribution in [3.8, 4) is 0 Å². The van der Waals surface area contributed by atoms with Crippen LogP contribution in [0, 0.1) is 0 Å². The molecule has 0 unspecified atom stereocenters. The van der Waals surface area contributed by atoms with Crippen LogP contribution in [0.3, 0.4) is 0 Å². The van der Waals surface area contributed by atoms with E-state index in [0.717, 1.165) is 32.7 Å². The van der Waals surface area contributed by atoms with Gasteiger partial charge in [0.2, 0.25) is 5.91 Å². The molecule has 0 aromatic heterocycles. The monoisotopic (exact) mass is 172 g/mol. The van der Waals surface area contributed by atoms with Gasteiger partial charge in [0.15, 0.2) is 0 Å². The Balaban J connectivity index is 2.09. The van der Waals surface area contributed by atoms with Gasteiger partial charge in [0.1, 0.15) is 0 Å². The Hall–Kier alpha value is -0.650. The first-order valence-corrected chi connectivity index (χ1v) is 4.25. The van der Waals surface area contributed by atoms with E-state index in [1.54, 1.807) is 0 Å². The van der Waals surface area contributed by atoms with Crippen LogP contribution < -0.4 is 16.6 Å². The minimum atomic E-state index is -0.0893. The summed E-state index contributed by atoms with van der Waals surface area (Å²) in [6, 6.07) is 0. The van der Waals surface area contributed by atoms with E-state index in [1.807, 2.05) is 0 Å². The Bertz CT molecular complexity index is 144. The molecule has 12 heavy (non-hydrogen) atoms. The van der Waals surface area contributed by atoms with Crippen LogP contribution in [-0.2, 0) is 4.79 Å². The Morgan fingerprint density at radius 2 is 2.17 bits per heavy atom. The normalized spacial score (nSPS) is 19.1. The van der Waals surface area contributed by atoms with Crippen LogP contribution in [0.25, 0.3) is 0 Å². The predicted octanol–water partition coefficient (Wildman–Crippen LogP) is -1.73. The van der Waals surface area contributed by atoms with Crippen LogP contribution in [0.15, 0.2) is 0 Å². The second-order valence-corrected chi connectivity index (χ2v) is 2.91. The summed E-state index contributed by atoms with van der Waals surface area (Å²) in [5.74, 6) is 4.87. The van der Waals surface area contributed by atoms with Crippen molar-refractivity contribution in [2.75, 3.05) is 32.7 Å². The standard InChI is InChI=1S/C7H16N4O/c8-10-7(12)1-4-11-5-2-9-3-6-11/h9H,1-6,8H2,(H,10,12). The van der Waals surface area contributed by atoms with Crippen molar-refractivity contribution in [3.05, 3.63) is 0 Å². The highest BCUT2D eigenvalue weighted by Gasteiger charge is 2.09. The van der Waals surface area contributed by atoms with Crippen molar-refractivity contribution in [1.82, 2.24) is 15.6 Å². The molecule has 1 fully saturated rings. The predicted molar refractivity (Wildman–Crippen MR) is 46.3 cm³/mol. The lowest BCUT2D eigenvalue weighted by atomic mass is 10.3. The summed E-state index contributed by atoms with van der Waals surface area (Å²) in [6.07, 6.45) is 0.497. The summed E-state index contributed by atoms with van der Waals surface area (Å²) in [6.45, 7) is 4.90.